The second-order valence-electron chi connectivity index (χ2n) is 9.08. The van der Waals surface area contributed by atoms with Gasteiger partial charge in [0.2, 0.25) is 11.8 Å². The monoisotopic (exact) mass is 532 g/mol. The van der Waals surface area contributed by atoms with Gasteiger partial charge in [0.15, 0.2) is 0 Å². The van der Waals surface area contributed by atoms with Gasteiger partial charge in [-0.05, 0) is 42.7 Å². The maximum absolute atomic E-state index is 13.3. The summed E-state index contributed by atoms with van der Waals surface area (Å²) in [5.74, 6) is -0.559. The molecule has 1 heterocycles. The van der Waals surface area contributed by atoms with Crippen molar-refractivity contribution in [2.24, 2.45) is 0 Å². The largest absolute Gasteiger partial charge is 0.352 e. The van der Waals surface area contributed by atoms with Crippen LogP contribution in [0.4, 0.5) is 0 Å². The number of fused-ring (bicyclic) bond motifs is 1. The van der Waals surface area contributed by atoms with Crippen molar-refractivity contribution >= 4 is 34.3 Å². The SMILES string of the molecule is Cc1ccc(CNC(=O)CCCn2c(=O)c3ccccc3n(CC(=O)NCc3ccccc3Cl)c2=O)cc1. The molecule has 0 spiro atoms. The third-order valence-electron chi connectivity index (χ3n) is 6.26. The molecule has 0 radical (unpaired) electrons. The number of aryl methyl sites for hydroxylation is 1. The Kier molecular flexibility index (Phi) is 8.76. The summed E-state index contributed by atoms with van der Waals surface area (Å²) in [6.45, 7) is 2.41. The molecule has 0 saturated heterocycles. The summed E-state index contributed by atoms with van der Waals surface area (Å²) < 4.78 is 2.38. The van der Waals surface area contributed by atoms with Crippen LogP contribution in [0, 0.1) is 6.92 Å². The van der Waals surface area contributed by atoms with Gasteiger partial charge in [0, 0.05) is 31.1 Å². The molecule has 196 valence electrons. The van der Waals surface area contributed by atoms with Crippen molar-refractivity contribution in [2.75, 3.05) is 0 Å². The highest BCUT2D eigenvalue weighted by Gasteiger charge is 2.16. The maximum atomic E-state index is 13.3. The lowest BCUT2D eigenvalue weighted by molar-refractivity contribution is -0.122. The first-order chi connectivity index (χ1) is 18.3. The van der Waals surface area contributed by atoms with E-state index < -0.39 is 17.2 Å². The van der Waals surface area contributed by atoms with Gasteiger partial charge in [0.05, 0.1) is 10.9 Å². The number of halogens is 1. The van der Waals surface area contributed by atoms with Gasteiger partial charge in [-0.2, -0.15) is 0 Å². The molecule has 0 aliphatic heterocycles. The quantitative estimate of drug-likeness (QED) is 0.326. The minimum absolute atomic E-state index is 0.0572. The number of carbonyl (C=O) groups is 2. The van der Waals surface area contributed by atoms with E-state index in [-0.39, 0.29) is 32.0 Å². The zero-order valence-electron chi connectivity index (χ0n) is 21.1. The fourth-order valence-electron chi connectivity index (χ4n) is 4.15. The van der Waals surface area contributed by atoms with Crippen molar-refractivity contribution in [1.29, 1.82) is 0 Å². The second kappa shape index (κ2) is 12.4. The molecule has 0 bridgehead atoms. The number of para-hydroxylation sites is 1. The van der Waals surface area contributed by atoms with Crippen molar-refractivity contribution in [3.05, 3.63) is 115 Å². The third kappa shape index (κ3) is 6.58. The van der Waals surface area contributed by atoms with Crippen LogP contribution in [0.25, 0.3) is 10.9 Å². The number of rotatable bonds is 10. The van der Waals surface area contributed by atoms with E-state index in [1.807, 2.05) is 37.3 Å². The first-order valence-electron chi connectivity index (χ1n) is 12.4. The molecule has 38 heavy (non-hydrogen) atoms. The zero-order valence-corrected chi connectivity index (χ0v) is 21.8. The van der Waals surface area contributed by atoms with E-state index in [2.05, 4.69) is 10.6 Å². The zero-order chi connectivity index (χ0) is 27.1. The number of benzene rings is 3. The number of nitrogens with one attached hydrogen (secondary N) is 2. The first-order valence-corrected chi connectivity index (χ1v) is 12.8. The van der Waals surface area contributed by atoms with Crippen LogP contribution in [-0.4, -0.2) is 20.9 Å². The number of carbonyl (C=O) groups excluding carboxylic acids is 2. The van der Waals surface area contributed by atoms with Gasteiger partial charge in [0.25, 0.3) is 5.56 Å². The molecule has 8 nitrogen and oxygen atoms in total. The minimum atomic E-state index is -0.596. The standard InChI is InChI=1S/C29H29ClN4O4/c1-20-12-14-21(15-13-20)17-31-26(35)11-6-16-33-28(37)23-8-3-5-10-25(23)34(29(33)38)19-27(36)32-18-22-7-2-4-9-24(22)30/h2-5,7-10,12-15H,6,11,16-19H2,1H3,(H,31,35)(H,32,36). The van der Waals surface area contributed by atoms with Crippen molar-refractivity contribution in [1.82, 2.24) is 19.8 Å². The highest BCUT2D eigenvalue weighted by molar-refractivity contribution is 6.31. The molecular weight excluding hydrogens is 504 g/mol. The van der Waals surface area contributed by atoms with Crippen molar-refractivity contribution in [3.63, 3.8) is 0 Å². The predicted octanol–water partition coefficient (Wildman–Crippen LogP) is 3.54. The van der Waals surface area contributed by atoms with E-state index in [9.17, 15) is 19.2 Å². The molecule has 0 fully saturated rings. The first kappa shape index (κ1) is 26.9. The normalized spacial score (nSPS) is 10.9. The van der Waals surface area contributed by atoms with Crippen LogP contribution >= 0.6 is 11.6 Å². The molecular formula is C29H29ClN4O4. The summed E-state index contributed by atoms with van der Waals surface area (Å²) >= 11 is 6.16. The van der Waals surface area contributed by atoms with Gasteiger partial charge >= 0.3 is 5.69 Å². The van der Waals surface area contributed by atoms with E-state index >= 15 is 0 Å². The van der Waals surface area contributed by atoms with Crippen LogP contribution in [0.1, 0.15) is 29.5 Å². The Morgan fingerprint density at radius 1 is 0.816 bits per heavy atom. The van der Waals surface area contributed by atoms with Crippen molar-refractivity contribution in [3.8, 4) is 0 Å². The van der Waals surface area contributed by atoms with Gasteiger partial charge in [-0.3, -0.25) is 23.5 Å². The van der Waals surface area contributed by atoms with Gasteiger partial charge in [-0.25, -0.2) is 4.79 Å². The molecule has 1 aromatic heterocycles. The molecule has 4 rings (SSSR count). The van der Waals surface area contributed by atoms with E-state index in [0.717, 1.165) is 21.3 Å². The second-order valence-corrected chi connectivity index (χ2v) is 9.48. The Hall–Kier alpha value is -4.17. The maximum Gasteiger partial charge on any atom is 0.331 e. The van der Waals surface area contributed by atoms with Crippen molar-refractivity contribution in [2.45, 2.75) is 45.9 Å². The molecule has 0 saturated carbocycles. The Labute approximate surface area is 224 Å². The number of nitrogens with zero attached hydrogens (tertiary/aromatic N) is 2. The van der Waals surface area contributed by atoms with E-state index in [1.54, 1.807) is 42.5 Å². The topological polar surface area (TPSA) is 102 Å². The van der Waals surface area contributed by atoms with Crippen LogP contribution in [0.15, 0.2) is 82.4 Å². The molecule has 9 heteroatoms. The average Bonchev–Trinajstić information content (AvgIpc) is 2.92. The third-order valence-corrected chi connectivity index (χ3v) is 6.63. The van der Waals surface area contributed by atoms with Gasteiger partial charge in [0.1, 0.15) is 6.54 Å². The van der Waals surface area contributed by atoms with Crippen LogP contribution in [0.2, 0.25) is 5.02 Å². The van der Waals surface area contributed by atoms with Crippen LogP contribution in [0.5, 0.6) is 0 Å². The van der Waals surface area contributed by atoms with Gasteiger partial charge < -0.3 is 10.6 Å². The smallest absolute Gasteiger partial charge is 0.331 e. The average molecular weight is 533 g/mol. The Morgan fingerprint density at radius 2 is 1.50 bits per heavy atom. The summed E-state index contributed by atoms with van der Waals surface area (Å²) in [6.07, 6.45) is 0.453. The van der Waals surface area contributed by atoms with Gasteiger partial charge in [-0.15, -0.1) is 0 Å². The minimum Gasteiger partial charge on any atom is -0.352 e. The fourth-order valence-corrected chi connectivity index (χ4v) is 4.35. The lowest BCUT2D eigenvalue weighted by Gasteiger charge is -2.14. The molecule has 2 N–H and O–H groups in total. The summed E-state index contributed by atoms with van der Waals surface area (Å²) in [4.78, 5) is 51.5. The summed E-state index contributed by atoms with van der Waals surface area (Å²) in [5, 5.41) is 6.50. The Bertz CT molecular complexity index is 1570. The van der Waals surface area contributed by atoms with Crippen LogP contribution < -0.4 is 21.9 Å². The lowest BCUT2D eigenvalue weighted by Crippen LogP contribution is -2.42. The Morgan fingerprint density at radius 3 is 2.26 bits per heavy atom. The van der Waals surface area contributed by atoms with Gasteiger partial charge in [-0.1, -0.05) is 71.8 Å². The molecule has 3 aromatic carbocycles. The molecule has 0 unspecified atom stereocenters. The van der Waals surface area contributed by atoms with E-state index in [4.69, 9.17) is 11.6 Å². The fraction of sp³-hybridized carbons (Fsp3) is 0.241. The number of hydrogen-bond donors (Lipinski definition) is 2. The highest BCUT2D eigenvalue weighted by Crippen LogP contribution is 2.14. The van der Waals surface area contributed by atoms with Crippen molar-refractivity contribution < 1.29 is 9.59 Å². The Balaban J connectivity index is 1.44. The highest BCUT2D eigenvalue weighted by atomic mass is 35.5. The molecule has 4 aromatic rings. The number of amides is 2. The summed E-state index contributed by atoms with van der Waals surface area (Å²) in [5.41, 5.74) is 2.22. The lowest BCUT2D eigenvalue weighted by atomic mass is 10.1. The van der Waals surface area contributed by atoms with Crippen LogP contribution in [0.3, 0.4) is 0 Å². The predicted molar refractivity (Wildman–Crippen MR) is 148 cm³/mol. The number of aromatic nitrogens is 2. The molecule has 0 aliphatic rings. The summed E-state index contributed by atoms with van der Waals surface area (Å²) in [7, 11) is 0. The molecule has 0 aliphatic carbocycles. The molecule has 0 atom stereocenters. The van der Waals surface area contributed by atoms with Crippen LogP contribution in [-0.2, 0) is 35.8 Å². The van der Waals surface area contributed by atoms with E-state index in [0.29, 0.717) is 28.9 Å². The molecule has 2 amide bonds. The number of hydrogen-bond acceptors (Lipinski definition) is 4. The summed E-state index contributed by atoms with van der Waals surface area (Å²) in [6, 6.07) is 21.7. The van der Waals surface area contributed by atoms with E-state index in [1.165, 1.54) is 4.57 Å².